The van der Waals surface area contributed by atoms with Crippen LogP contribution in [0.25, 0.3) is 22.3 Å². The molecule has 0 saturated heterocycles. The molecule has 1 aliphatic rings. The number of anilines is 1. The van der Waals surface area contributed by atoms with E-state index >= 15 is 0 Å². The van der Waals surface area contributed by atoms with Crippen LogP contribution in [-0.4, -0.2) is 27.6 Å². The fourth-order valence-electron chi connectivity index (χ4n) is 3.42. The van der Waals surface area contributed by atoms with Crippen molar-refractivity contribution in [3.8, 4) is 17.1 Å². The molecule has 0 amide bonds. The van der Waals surface area contributed by atoms with E-state index in [0.717, 1.165) is 34.5 Å². The minimum absolute atomic E-state index is 0.153. The van der Waals surface area contributed by atoms with Crippen molar-refractivity contribution in [3.63, 3.8) is 0 Å². The molecular formula is C22H18N4O. The summed E-state index contributed by atoms with van der Waals surface area (Å²) in [5.41, 5.74) is 3.02. The van der Waals surface area contributed by atoms with Crippen LogP contribution in [-0.2, 0) is 6.42 Å². The van der Waals surface area contributed by atoms with Crippen LogP contribution in [0, 0.1) is 0 Å². The first-order chi connectivity index (χ1) is 13.4. The maximum atomic E-state index is 5.92. The summed E-state index contributed by atoms with van der Waals surface area (Å²) in [5, 5.41) is 4.58. The topological polar surface area (TPSA) is 59.9 Å². The highest BCUT2D eigenvalue weighted by molar-refractivity contribution is 5.90. The van der Waals surface area contributed by atoms with Gasteiger partial charge in [0.2, 0.25) is 0 Å². The average molecular weight is 354 g/mol. The Morgan fingerprint density at radius 2 is 1.81 bits per heavy atom. The second-order valence-electron chi connectivity index (χ2n) is 6.62. The number of aromatic nitrogens is 3. The number of hydrogen-bond donors (Lipinski definition) is 1. The fourth-order valence-corrected chi connectivity index (χ4v) is 3.42. The molecule has 1 N–H and O–H groups in total. The van der Waals surface area contributed by atoms with Crippen molar-refractivity contribution < 1.29 is 4.74 Å². The molecule has 0 radical (unpaired) electrons. The summed E-state index contributed by atoms with van der Waals surface area (Å²) in [5.74, 6) is 2.47. The van der Waals surface area contributed by atoms with Gasteiger partial charge < -0.3 is 10.1 Å². The summed E-state index contributed by atoms with van der Waals surface area (Å²) in [6, 6.07) is 20.3. The second-order valence-corrected chi connectivity index (χ2v) is 6.62. The van der Waals surface area contributed by atoms with E-state index in [4.69, 9.17) is 14.7 Å². The summed E-state index contributed by atoms with van der Waals surface area (Å²) >= 11 is 0. The molecule has 27 heavy (non-hydrogen) atoms. The number of para-hydroxylation sites is 2. The predicted molar refractivity (Wildman–Crippen MR) is 106 cm³/mol. The van der Waals surface area contributed by atoms with Crippen molar-refractivity contribution >= 4 is 16.7 Å². The third-order valence-electron chi connectivity index (χ3n) is 4.74. The van der Waals surface area contributed by atoms with Crippen LogP contribution in [0.2, 0.25) is 0 Å². The number of benzene rings is 2. The average Bonchev–Trinajstić information content (AvgIpc) is 2.74. The zero-order valence-corrected chi connectivity index (χ0v) is 14.7. The Balaban J connectivity index is 1.53. The van der Waals surface area contributed by atoms with E-state index in [1.165, 1.54) is 5.56 Å². The molecule has 1 atom stereocenters. The minimum Gasteiger partial charge on any atom is -0.491 e. The number of pyridine rings is 1. The highest BCUT2D eigenvalue weighted by atomic mass is 16.5. The van der Waals surface area contributed by atoms with Crippen LogP contribution in [0.1, 0.15) is 5.56 Å². The van der Waals surface area contributed by atoms with E-state index in [1.807, 2.05) is 54.6 Å². The number of nitrogens with zero attached hydrogens (tertiary/aromatic N) is 3. The smallest absolute Gasteiger partial charge is 0.163 e. The molecule has 1 aliphatic heterocycles. The van der Waals surface area contributed by atoms with E-state index in [0.29, 0.717) is 12.4 Å². The van der Waals surface area contributed by atoms with E-state index in [1.54, 1.807) is 12.4 Å². The number of ether oxygens (including phenoxy) is 1. The van der Waals surface area contributed by atoms with E-state index in [9.17, 15) is 0 Å². The number of fused-ring (bicyclic) bond motifs is 2. The molecular weight excluding hydrogens is 336 g/mol. The van der Waals surface area contributed by atoms with Crippen LogP contribution >= 0.6 is 0 Å². The van der Waals surface area contributed by atoms with Gasteiger partial charge in [-0.25, -0.2) is 9.97 Å². The lowest BCUT2D eigenvalue weighted by atomic mass is 10.0. The Morgan fingerprint density at radius 1 is 0.926 bits per heavy atom. The molecule has 0 fully saturated rings. The summed E-state index contributed by atoms with van der Waals surface area (Å²) in [6.45, 7) is 0.609. The largest absolute Gasteiger partial charge is 0.491 e. The fraction of sp³-hybridized carbons (Fsp3) is 0.136. The van der Waals surface area contributed by atoms with Gasteiger partial charge in [0, 0.05) is 23.3 Å². The number of rotatable bonds is 3. The number of hydrogen-bond acceptors (Lipinski definition) is 5. The highest BCUT2D eigenvalue weighted by Gasteiger charge is 2.21. The highest BCUT2D eigenvalue weighted by Crippen LogP contribution is 2.28. The van der Waals surface area contributed by atoms with Crippen molar-refractivity contribution in [2.75, 3.05) is 11.9 Å². The van der Waals surface area contributed by atoms with Gasteiger partial charge >= 0.3 is 0 Å². The summed E-state index contributed by atoms with van der Waals surface area (Å²) in [4.78, 5) is 13.7. The lowest BCUT2D eigenvalue weighted by Gasteiger charge is -2.27. The van der Waals surface area contributed by atoms with Crippen molar-refractivity contribution in [3.05, 3.63) is 78.6 Å². The second kappa shape index (κ2) is 6.68. The maximum Gasteiger partial charge on any atom is 0.163 e. The normalized spacial score (nSPS) is 15.8. The Kier molecular flexibility index (Phi) is 3.90. The Hall–Kier alpha value is -3.47. The monoisotopic (exact) mass is 354 g/mol. The van der Waals surface area contributed by atoms with Crippen LogP contribution in [0.3, 0.4) is 0 Å². The molecule has 0 spiro atoms. The summed E-state index contributed by atoms with van der Waals surface area (Å²) in [7, 11) is 0. The molecule has 4 aromatic rings. The quantitative estimate of drug-likeness (QED) is 0.600. The zero-order chi connectivity index (χ0) is 18.1. The molecule has 2 aromatic heterocycles. The van der Waals surface area contributed by atoms with Gasteiger partial charge in [-0.2, -0.15) is 0 Å². The Bertz CT molecular complexity index is 1100. The predicted octanol–water partition coefficient (Wildman–Crippen LogP) is 4.11. The van der Waals surface area contributed by atoms with Crippen LogP contribution in [0.15, 0.2) is 73.1 Å². The van der Waals surface area contributed by atoms with Crippen LogP contribution in [0.5, 0.6) is 5.75 Å². The van der Waals surface area contributed by atoms with E-state index in [2.05, 4.69) is 16.4 Å². The van der Waals surface area contributed by atoms with Gasteiger partial charge in [0.25, 0.3) is 0 Å². The lowest BCUT2D eigenvalue weighted by molar-refractivity contribution is 0.272. The molecule has 0 saturated carbocycles. The molecule has 1 unspecified atom stereocenters. The van der Waals surface area contributed by atoms with E-state index < -0.39 is 0 Å². The van der Waals surface area contributed by atoms with Crippen molar-refractivity contribution in [1.29, 1.82) is 0 Å². The minimum atomic E-state index is 0.153. The molecule has 3 heterocycles. The molecule has 132 valence electrons. The van der Waals surface area contributed by atoms with Gasteiger partial charge in [-0.3, -0.25) is 4.98 Å². The van der Waals surface area contributed by atoms with Crippen molar-refractivity contribution in [1.82, 2.24) is 15.0 Å². The Labute approximate surface area is 157 Å². The molecule has 0 bridgehead atoms. The van der Waals surface area contributed by atoms with Gasteiger partial charge in [0.1, 0.15) is 18.2 Å². The van der Waals surface area contributed by atoms with Gasteiger partial charge in [0.15, 0.2) is 5.82 Å². The first-order valence-corrected chi connectivity index (χ1v) is 9.01. The maximum absolute atomic E-state index is 5.92. The first-order valence-electron chi connectivity index (χ1n) is 9.01. The van der Waals surface area contributed by atoms with Crippen molar-refractivity contribution in [2.45, 2.75) is 12.5 Å². The van der Waals surface area contributed by atoms with Crippen LogP contribution < -0.4 is 10.1 Å². The van der Waals surface area contributed by atoms with Gasteiger partial charge in [-0.05, 0) is 42.3 Å². The lowest BCUT2D eigenvalue weighted by Crippen LogP contribution is -2.33. The zero-order valence-electron chi connectivity index (χ0n) is 14.7. The third kappa shape index (κ3) is 3.08. The number of nitrogens with one attached hydrogen (secondary N) is 1. The van der Waals surface area contributed by atoms with Crippen LogP contribution in [0.4, 0.5) is 5.82 Å². The molecule has 0 aliphatic carbocycles. The van der Waals surface area contributed by atoms with Crippen molar-refractivity contribution in [2.24, 2.45) is 0 Å². The standard InChI is InChI=1S/C22H18N4O/c1-4-10-20-15(6-1)12-17(14-27-20)24-22-18-8-2-3-9-19(18)25-21(26-22)16-7-5-11-23-13-16/h1-11,13,17H,12,14H2,(H,24,25,26). The third-order valence-corrected chi connectivity index (χ3v) is 4.74. The van der Waals surface area contributed by atoms with Gasteiger partial charge in [-0.1, -0.05) is 30.3 Å². The Morgan fingerprint density at radius 3 is 2.74 bits per heavy atom. The van der Waals surface area contributed by atoms with E-state index in [-0.39, 0.29) is 6.04 Å². The SMILES string of the molecule is c1cncc(-c2nc(NC3COc4ccccc4C3)c3ccccc3n2)c1. The summed E-state index contributed by atoms with van der Waals surface area (Å²) < 4.78 is 5.92. The van der Waals surface area contributed by atoms with Gasteiger partial charge in [0.05, 0.1) is 11.6 Å². The molecule has 5 heteroatoms. The molecule has 2 aromatic carbocycles. The first kappa shape index (κ1) is 15.8. The molecule has 5 rings (SSSR count). The van der Waals surface area contributed by atoms with Gasteiger partial charge in [-0.15, -0.1) is 0 Å². The molecule has 5 nitrogen and oxygen atoms in total. The summed E-state index contributed by atoms with van der Waals surface area (Å²) in [6.07, 6.45) is 4.44.